The monoisotopic (exact) mass is 164 g/mol. The summed E-state index contributed by atoms with van der Waals surface area (Å²) in [6, 6.07) is 0. The van der Waals surface area contributed by atoms with Crippen molar-refractivity contribution in [2.45, 2.75) is 23.3 Å². The average Bonchev–Trinajstić information content (AvgIpc) is 2.46. The molecule has 0 nitrogen and oxygen atoms in total. The van der Waals surface area contributed by atoms with Gasteiger partial charge in [0.2, 0.25) is 0 Å². The van der Waals surface area contributed by atoms with Gasteiger partial charge in [-0.05, 0) is 36.5 Å². The highest BCUT2D eigenvalue weighted by atomic mass is 32.2. The SMILES string of the molecule is C1=C[C@@H]2[C@H](C1)[C@H]1C[C@@H]2[C@@H]2S[C@H]12. The fourth-order valence-corrected chi connectivity index (χ4v) is 5.50. The molecule has 4 rings (SSSR count). The third-order valence-electron chi connectivity index (χ3n) is 4.26. The van der Waals surface area contributed by atoms with Gasteiger partial charge in [0.1, 0.15) is 0 Å². The highest BCUT2D eigenvalue weighted by molar-refractivity contribution is 8.07. The van der Waals surface area contributed by atoms with Crippen LogP contribution in [0.1, 0.15) is 12.8 Å². The van der Waals surface area contributed by atoms with Crippen LogP contribution in [-0.2, 0) is 0 Å². The Hall–Kier alpha value is 0.0900. The quantitative estimate of drug-likeness (QED) is 0.391. The van der Waals surface area contributed by atoms with Gasteiger partial charge < -0.3 is 0 Å². The van der Waals surface area contributed by atoms with Gasteiger partial charge in [-0.1, -0.05) is 12.2 Å². The maximum Gasteiger partial charge on any atom is 0.0206 e. The maximum absolute atomic E-state index is 2.52. The van der Waals surface area contributed by atoms with Gasteiger partial charge >= 0.3 is 0 Å². The fraction of sp³-hybridized carbons (Fsp3) is 0.800. The van der Waals surface area contributed by atoms with Crippen LogP contribution in [0.3, 0.4) is 0 Å². The smallest absolute Gasteiger partial charge is 0.0206 e. The zero-order chi connectivity index (χ0) is 7.00. The number of fused-ring (bicyclic) bond motifs is 8. The van der Waals surface area contributed by atoms with Gasteiger partial charge in [-0.15, -0.1) is 0 Å². The van der Waals surface area contributed by atoms with Crippen molar-refractivity contribution in [3.05, 3.63) is 12.2 Å². The molecule has 4 aliphatic rings. The van der Waals surface area contributed by atoms with Crippen molar-refractivity contribution in [3.8, 4) is 0 Å². The van der Waals surface area contributed by atoms with E-state index < -0.39 is 0 Å². The first kappa shape index (κ1) is 5.69. The van der Waals surface area contributed by atoms with E-state index in [0.29, 0.717) is 0 Å². The van der Waals surface area contributed by atoms with Gasteiger partial charge in [0.25, 0.3) is 0 Å². The van der Waals surface area contributed by atoms with E-state index in [4.69, 9.17) is 0 Å². The Morgan fingerprint density at radius 2 is 2.00 bits per heavy atom. The van der Waals surface area contributed by atoms with Crippen molar-refractivity contribution in [2.75, 3.05) is 0 Å². The largest absolute Gasteiger partial charge is 0.152 e. The molecular weight excluding hydrogens is 152 g/mol. The van der Waals surface area contributed by atoms with Crippen LogP contribution in [0.4, 0.5) is 0 Å². The summed E-state index contributed by atoms with van der Waals surface area (Å²) in [6.45, 7) is 0. The Kier molecular flexibility index (Phi) is 0.808. The molecule has 0 aromatic carbocycles. The lowest BCUT2D eigenvalue weighted by molar-refractivity contribution is 0.320. The normalized spacial score (nSPS) is 68.4. The van der Waals surface area contributed by atoms with Crippen LogP contribution in [0.15, 0.2) is 12.2 Å². The minimum absolute atomic E-state index is 1.02. The number of thioether (sulfide) groups is 1. The third-order valence-corrected chi connectivity index (χ3v) is 5.85. The molecule has 1 heteroatoms. The van der Waals surface area contributed by atoms with E-state index in [9.17, 15) is 0 Å². The van der Waals surface area contributed by atoms with E-state index in [-0.39, 0.29) is 0 Å². The molecule has 0 unspecified atom stereocenters. The molecule has 1 heterocycles. The predicted octanol–water partition coefficient (Wildman–Crippen LogP) is 2.31. The van der Waals surface area contributed by atoms with Crippen LogP contribution in [0, 0.1) is 23.7 Å². The predicted molar refractivity (Wildman–Crippen MR) is 47.5 cm³/mol. The van der Waals surface area contributed by atoms with Gasteiger partial charge in [0.15, 0.2) is 0 Å². The summed E-state index contributed by atoms with van der Waals surface area (Å²) < 4.78 is 0. The first-order valence-corrected chi connectivity index (χ1v) is 5.71. The summed E-state index contributed by atoms with van der Waals surface area (Å²) >= 11 is 2.28. The average molecular weight is 164 g/mol. The molecule has 1 aliphatic heterocycles. The molecule has 1 saturated heterocycles. The van der Waals surface area contributed by atoms with E-state index in [2.05, 4.69) is 23.9 Å². The van der Waals surface area contributed by atoms with Gasteiger partial charge in [-0.3, -0.25) is 0 Å². The first-order chi connectivity index (χ1) is 5.45. The van der Waals surface area contributed by atoms with Crippen LogP contribution in [0.2, 0.25) is 0 Å². The van der Waals surface area contributed by atoms with Gasteiger partial charge in [-0.2, -0.15) is 11.8 Å². The molecule has 0 spiro atoms. The molecule has 2 bridgehead atoms. The fourth-order valence-electron chi connectivity index (χ4n) is 3.82. The lowest BCUT2D eigenvalue weighted by Crippen LogP contribution is -2.23. The van der Waals surface area contributed by atoms with Crippen LogP contribution >= 0.6 is 11.8 Å². The Labute approximate surface area is 71.4 Å². The lowest BCUT2D eigenvalue weighted by atomic mass is 9.82. The zero-order valence-electron chi connectivity index (χ0n) is 6.44. The molecule has 0 N–H and O–H groups in total. The Morgan fingerprint density at radius 1 is 1.09 bits per heavy atom. The van der Waals surface area contributed by atoms with E-state index in [1.54, 1.807) is 6.42 Å². The third kappa shape index (κ3) is 0.507. The van der Waals surface area contributed by atoms with Crippen molar-refractivity contribution >= 4 is 11.8 Å². The van der Waals surface area contributed by atoms with Crippen LogP contribution < -0.4 is 0 Å². The second-order valence-electron chi connectivity index (χ2n) is 4.53. The Bertz CT molecular complexity index is 245. The number of hydrogen-bond acceptors (Lipinski definition) is 1. The highest BCUT2D eigenvalue weighted by Crippen LogP contribution is 2.70. The molecule has 0 amide bonds. The second kappa shape index (κ2) is 1.56. The van der Waals surface area contributed by atoms with Crippen LogP contribution in [-0.4, -0.2) is 10.5 Å². The minimum atomic E-state index is 1.02. The molecule has 2 saturated carbocycles. The molecule has 58 valence electrons. The molecule has 3 fully saturated rings. The summed E-state index contributed by atoms with van der Waals surface area (Å²) in [5.74, 6) is 4.36. The number of rotatable bonds is 0. The van der Waals surface area contributed by atoms with Gasteiger partial charge in [0.05, 0.1) is 0 Å². The molecule has 6 atom stereocenters. The van der Waals surface area contributed by atoms with E-state index in [0.717, 1.165) is 34.2 Å². The minimum Gasteiger partial charge on any atom is -0.152 e. The lowest BCUT2D eigenvalue weighted by Gasteiger charge is -2.21. The molecule has 11 heavy (non-hydrogen) atoms. The number of allylic oxidation sites excluding steroid dienone is 2. The van der Waals surface area contributed by atoms with E-state index in [1.165, 1.54) is 6.42 Å². The summed E-state index contributed by atoms with van der Waals surface area (Å²) in [6.07, 6.45) is 7.95. The second-order valence-corrected chi connectivity index (χ2v) is 5.89. The summed E-state index contributed by atoms with van der Waals surface area (Å²) in [5, 5.41) is 2.24. The van der Waals surface area contributed by atoms with Crippen molar-refractivity contribution in [3.63, 3.8) is 0 Å². The maximum atomic E-state index is 2.52. The Balaban J connectivity index is 1.82. The molecule has 0 radical (unpaired) electrons. The zero-order valence-corrected chi connectivity index (χ0v) is 7.26. The molecular formula is C10H12S. The Morgan fingerprint density at radius 3 is 3.00 bits per heavy atom. The number of hydrogen-bond donors (Lipinski definition) is 0. The van der Waals surface area contributed by atoms with E-state index >= 15 is 0 Å². The van der Waals surface area contributed by atoms with Crippen LogP contribution in [0.5, 0.6) is 0 Å². The summed E-state index contributed by atoms with van der Waals surface area (Å²) in [7, 11) is 0. The topological polar surface area (TPSA) is 0 Å². The van der Waals surface area contributed by atoms with Crippen LogP contribution in [0.25, 0.3) is 0 Å². The van der Waals surface area contributed by atoms with Crippen molar-refractivity contribution < 1.29 is 0 Å². The standard InChI is InChI=1S/C10H12S/c1-2-5-6(3-1)8-4-7(5)9-10(8)11-9/h1-2,5-10H,3-4H2/t5-,6+,7+,8-,9+,10-/m1/s1. The van der Waals surface area contributed by atoms with Crippen molar-refractivity contribution in [1.82, 2.24) is 0 Å². The van der Waals surface area contributed by atoms with Crippen molar-refractivity contribution in [2.24, 2.45) is 23.7 Å². The summed E-state index contributed by atoms with van der Waals surface area (Å²) in [4.78, 5) is 0. The molecule has 0 aromatic heterocycles. The van der Waals surface area contributed by atoms with Gasteiger partial charge in [0, 0.05) is 10.5 Å². The van der Waals surface area contributed by atoms with Gasteiger partial charge in [-0.25, -0.2) is 0 Å². The molecule has 0 aromatic rings. The van der Waals surface area contributed by atoms with Crippen molar-refractivity contribution in [1.29, 1.82) is 0 Å². The van der Waals surface area contributed by atoms with E-state index in [1.807, 2.05) is 0 Å². The summed E-state index contributed by atoms with van der Waals surface area (Å²) in [5.41, 5.74) is 0. The highest BCUT2D eigenvalue weighted by Gasteiger charge is 2.65. The molecule has 3 aliphatic carbocycles. The first-order valence-electron chi connectivity index (χ1n) is 4.77.